The highest BCUT2D eigenvalue weighted by molar-refractivity contribution is 7.79. The molecule has 1 unspecified atom stereocenters. The number of nitrogens with two attached hydrogens (primary N) is 1. The monoisotopic (exact) mass is 246 g/mol. The van der Waals surface area contributed by atoms with E-state index in [0.717, 1.165) is 16.7 Å². The van der Waals surface area contributed by atoms with Crippen LogP contribution in [0.1, 0.15) is 5.56 Å². The third-order valence-electron chi connectivity index (χ3n) is 2.52. The van der Waals surface area contributed by atoms with E-state index < -0.39 is 11.1 Å². The van der Waals surface area contributed by atoms with Gasteiger partial charge in [-0.1, -0.05) is 30.3 Å². The molecule has 0 saturated heterocycles. The van der Waals surface area contributed by atoms with E-state index in [0.29, 0.717) is 11.4 Å². The van der Waals surface area contributed by atoms with E-state index in [2.05, 4.69) is 0 Å². The first-order chi connectivity index (χ1) is 8.20. The maximum Gasteiger partial charge on any atom is 0.0254 e. The van der Waals surface area contributed by atoms with Gasteiger partial charge in [-0.05, 0) is 46.0 Å². The summed E-state index contributed by atoms with van der Waals surface area (Å²) >= 11 is -2.19. The van der Waals surface area contributed by atoms with Gasteiger partial charge in [-0.25, -0.2) is 0 Å². The first kappa shape index (κ1) is 12.0. The highest BCUT2D eigenvalue weighted by Crippen LogP contribution is 2.22. The van der Waals surface area contributed by atoms with Gasteiger partial charge in [0.05, 0.1) is 0 Å². The molecule has 0 aliphatic carbocycles. The smallest absolute Gasteiger partial charge is 0.0254 e. The van der Waals surface area contributed by atoms with Crippen LogP contribution < -0.4 is 5.73 Å². The van der Waals surface area contributed by atoms with Crippen molar-refractivity contribution < 1.29 is 8.76 Å². The molecule has 88 valence electrons. The highest BCUT2D eigenvalue weighted by atomic mass is 32.2. The van der Waals surface area contributed by atoms with Crippen LogP contribution in [0.25, 0.3) is 11.1 Å². The lowest BCUT2D eigenvalue weighted by Crippen LogP contribution is -1.96. The van der Waals surface area contributed by atoms with Crippen molar-refractivity contribution in [1.29, 1.82) is 0 Å². The SMILES string of the molecule is NCc1cccc(-c2cccc(S(=O)[O-])c2)c1. The van der Waals surface area contributed by atoms with Gasteiger partial charge in [-0.15, -0.1) is 0 Å². The van der Waals surface area contributed by atoms with Crippen LogP contribution in [0, 0.1) is 0 Å². The van der Waals surface area contributed by atoms with Crippen LogP contribution in [0.5, 0.6) is 0 Å². The molecular weight excluding hydrogens is 234 g/mol. The summed E-state index contributed by atoms with van der Waals surface area (Å²) in [5, 5.41) is 0. The van der Waals surface area contributed by atoms with Gasteiger partial charge in [0, 0.05) is 11.4 Å². The Kier molecular flexibility index (Phi) is 3.68. The van der Waals surface area contributed by atoms with E-state index in [1.807, 2.05) is 30.3 Å². The summed E-state index contributed by atoms with van der Waals surface area (Å²) in [5.74, 6) is 0. The quantitative estimate of drug-likeness (QED) is 0.843. The van der Waals surface area contributed by atoms with Gasteiger partial charge in [0.1, 0.15) is 0 Å². The fraction of sp³-hybridized carbons (Fsp3) is 0.0769. The van der Waals surface area contributed by atoms with Crippen LogP contribution in [0.2, 0.25) is 0 Å². The van der Waals surface area contributed by atoms with Crippen molar-refractivity contribution in [3.05, 3.63) is 54.1 Å². The lowest BCUT2D eigenvalue weighted by atomic mass is 10.0. The second-order valence-electron chi connectivity index (χ2n) is 3.67. The number of benzene rings is 2. The summed E-state index contributed by atoms with van der Waals surface area (Å²) in [6.45, 7) is 0.473. The third kappa shape index (κ3) is 2.79. The first-order valence-electron chi connectivity index (χ1n) is 5.19. The van der Waals surface area contributed by atoms with Crippen LogP contribution in [0.15, 0.2) is 53.4 Å². The van der Waals surface area contributed by atoms with Crippen molar-refractivity contribution in [3.8, 4) is 11.1 Å². The molecule has 0 spiro atoms. The van der Waals surface area contributed by atoms with Crippen LogP contribution in [-0.2, 0) is 17.6 Å². The minimum atomic E-state index is -2.19. The fourth-order valence-corrected chi connectivity index (χ4v) is 2.07. The molecule has 0 radical (unpaired) electrons. The third-order valence-corrected chi connectivity index (χ3v) is 3.16. The summed E-state index contributed by atoms with van der Waals surface area (Å²) in [4.78, 5) is 0.292. The number of hydrogen-bond donors (Lipinski definition) is 1. The van der Waals surface area contributed by atoms with E-state index in [1.165, 1.54) is 0 Å². The molecule has 2 rings (SSSR count). The number of hydrogen-bond acceptors (Lipinski definition) is 3. The molecule has 17 heavy (non-hydrogen) atoms. The minimum Gasteiger partial charge on any atom is -0.768 e. The first-order valence-corrected chi connectivity index (χ1v) is 6.27. The Bertz CT molecular complexity index is 555. The van der Waals surface area contributed by atoms with Gasteiger partial charge in [-0.3, -0.25) is 4.21 Å². The van der Waals surface area contributed by atoms with Crippen molar-refractivity contribution in [3.63, 3.8) is 0 Å². The Morgan fingerprint density at radius 2 is 1.71 bits per heavy atom. The lowest BCUT2D eigenvalue weighted by Gasteiger charge is -2.08. The maximum atomic E-state index is 10.9. The zero-order valence-electron chi connectivity index (χ0n) is 9.13. The normalized spacial score (nSPS) is 12.4. The predicted molar refractivity (Wildman–Crippen MR) is 67.0 cm³/mol. The molecule has 2 aromatic rings. The molecule has 0 bridgehead atoms. The largest absolute Gasteiger partial charge is 0.768 e. The summed E-state index contributed by atoms with van der Waals surface area (Å²) in [7, 11) is 0. The molecule has 0 saturated carbocycles. The molecule has 2 aromatic carbocycles. The Hall–Kier alpha value is -1.49. The van der Waals surface area contributed by atoms with Gasteiger partial charge in [0.2, 0.25) is 0 Å². The molecule has 3 nitrogen and oxygen atoms in total. The van der Waals surface area contributed by atoms with E-state index in [4.69, 9.17) is 5.73 Å². The van der Waals surface area contributed by atoms with Gasteiger partial charge >= 0.3 is 0 Å². The van der Waals surface area contributed by atoms with Gasteiger partial charge in [0.15, 0.2) is 0 Å². The number of rotatable bonds is 3. The average molecular weight is 246 g/mol. The Balaban J connectivity index is 2.45. The molecule has 0 aliphatic rings. The minimum absolute atomic E-state index is 0.292. The van der Waals surface area contributed by atoms with Crippen LogP contribution >= 0.6 is 0 Å². The molecule has 2 N–H and O–H groups in total. The Morgan fingerprint density at radius 1 is 1.06 bits per heavy atom. The summed E-state index contributed by atoms with van der Waals surface area (Å²) in [6.07, 6.45) is 0. The maximum absolute atomic E-state index is 10.9. The topological polar surface area (TPSA) is 66.2 Å². The van der Waals surface area contributed by atoms with Crippen molar-refractivity contribution in [2.24, 2.45) is 5.73 Å². The van der Waals surface area contributed by atoms with E-state index >= 15 is 0 Å². The molecular formula is C13H12NO2S-. The zero-order valence-corrected chi connectivity index (χ0v) is 9.94. The molecule has 1 atom stereocenters. The van der Waals surface area contributed by atoms with Crippen molar-refractivity contribution in [2.75, 3.05) is 0 Å². The summed E-state index contributed by atoms with van der Waals surface area (Å²) < 4.78 is 21.8. The summed E-state index contributed by atoms with van der Waals surface area (Å²) in [5.41, 5.74) is 8.45. The van der Waals surface area contributed by atoms with Crippen LogP contribution in [0.4, 0.5) is 0 Å². The van der Waals surface area contributed by atoms with Gasteiger partial charge in [-0.2, -0.15) is 0 Å². The van der Waals surface area contributed by atoms with Gasteiger partial charge in [0.25, 0.3) is 0 Å². The van der Waals surface area contributed by atoms with E-state index in [9.17, 15) is 8.76 Å². The molecule has 0 aromatic heterocycles. The predicted octanol–water partition coefficient (Wildman–Crippen LogP) is 2.05. The zero-order chi connectivity index (χ0) is 12.3. The molecule has 4 heteroatoms. The van der Waals surface area contributed by atoms with Crippen LogP contribution in [0.3, 0.4) is 0 Å². The lowest BCUT2D eigenvalue weighted by molar-refractivity contribution is 0.537. The standard InChI is InChI=1S/C13H13NO2S/c14-9-10-3-1-4-11(7-10)12-5-2-6-13(8-12)17(15)16/h1-8H,9,14H2,(H,15,16)/p-1. The Morgan fingerprint density at radius 3 is 2.35 bits per heavy atom. The van der Waals surface area contributed by atoms with E-state index in [1.54, 1.807) is 18.2 Å². The van der Waals surface area contributed by atoms with Gasteiger partial charge < -0.3 is 10.3 Å². The van der Waals surface area contributed by atoms with Crippen LogP contribution in [-0.4, -0.2) is 8.76 Å². The van der Waals surface area contributed by atoms with E-state index in [-0.39, 0.29) is 0 Å². The molecule has 0 aliphatic heterocycles. The Labute approximate surface area is 103 Å². The molecule has 0 heterocycles. The molecule has 0 fully saturated rings. The average Bonchev–Trinajstić information content (AvgIpc) is 2.39. The van der Waals surface area contributed by atoms with Crippen molar-refractivity contribution in [1.82, 2.24) is 0 Å². The summed E-state index contributed by atoms with van der Waals surface area (Å²) in [6, 6.07) is 14.6. The molecule has 0 amide bonds. The van der Waals surface area contributed by atoms with Crippen molar-refractivity contribution >= 4 is 11.1 Å². The van der Waals surface area contributed by atoms with Crippen molar-refractivity contribution in [2.45, 2.75) is 11.4 Å². The highest BCUT2D eigenvalue weighted by Gasteiger charge is 2.00. The second-order valence-corrected chi connectivity index (χ2v) is 4.61. The second kappa shape index (κ2) is 5.23. The fourth-order valence-electron chi connectivity index (χ4n) is 1.66.